The first-order chi connectivity index (χ1) is 23.2. The molecule has 4 heterocycles. The number of carbonyl (C=O) groups is 3. The molecule has 0 saturated carbocycles. The zero-order valence-electron chi connectivity index (χ0n) is 27.2. The molecule has 2 fully saturated rings. The van der Waals surface area contributed by atoms with Gasteiger partial charge in [-0.25, -0.2) is 0 Å². The largest absolute Gasteiger partial charge is 0.394 e. The van der Waals surface area contributed by atoms with Gasteiger partial charge in [0.05, 0.1) is 40.8 Å². The van der Waals surface area contributed by atoms with Crippen molar-refractivity contribution in [2.24, 2.45) is 11.8 Å². The van der Waals surface area contributed by atoms with E-state index in [9.17, 15) is 9.90 Å². The van der Waals surface area contributed by atoms with Gasteiger partial charge >= 0.3 is 0 Å². The SMILES string of the molecule is CC[C@@]12C=CCN(Cc3ccccc3)C(=O)[C@@H]1[C@H]1C(=O)N([C@@H](CO)Cc3ccccc3)C3C(=O)N(c4c(C)cccc4Cl)CC=C[C@@]31O2. The molecule has 2 saturated heterocycles. The van der Waals surface area contributed by atoms with Gasteiger partial charge in [-0.3, -0.25) is 14.4 Å². The van der Waals surface area contributed by atoms with Crippen LogP contribution >= 0.6 is 11.6 Å². The Morgan fingerprint density at radius 2 is 1.54 bits per heavy atom. The summed E-state index contributed by atoms with van der Waals surface area (Å²) < 4.78 is 7.16. The first kappa shape index (κ1) is 32.3. The van der Waals surface area contributed by atoms with E-state index >= 15 is 9.59 Å². The zero-order valence-corrected chi connectivity index (χ0v) is 27.9. The van der Waals surface area contributed by atoms with Crippen LogP contribution in [0.4, 0.5) is 5.69 Å². The number of para-hydroxylation sites is 1. The van der Waals surface area contributed by atoms with E-state index in [0.717, 1.165) is 16.7 Å². The second-order valence-corrected chi connectivity index (χ2v) is 13.7. The number of carbonyl (C=O) groups excluding carboxylic acids is 3. The number of rotatable bonds is 8. The van der Waals surface area contributed by atoms with Crippen LogP contribution < -0.4 is 4.90 Å². The van der Waals surface area contributed by atoms with Gasteiger partial charge in [-0.1, -0.05) is 116 Å². The predicted molar refractivity (Wildman–Crippen MR) is 184 cm³/mol. The lowest BCUT2D eigenvalue weighted by atomic mass is 9.73. The molecule has 0 radical (unpaired) electrons. The lowest BCUT2D eigenvalue weighted by molar-refractivity contribution is -0.152. The van der Waals surface area contributed by atoms with Gasteiger partial charge in [0.2, 0.25) is 11.8 Å². The highest BCUT2D eigenvalue weighted by Crippen LogP contribution is 2.59. The minimum absolute atomic E-state index is 0.186. The number of likely N-dealkylation sites (tertiary alicyclic amines) is 1. The van der Waals surface area contributed by atoms with E-state index in [4.69, 9.17) is 16.3 Å². The van der Waals surface area contributed by atoms with Crippen molar-refractivity contribution < 1.29 is 24.2 Å². The number of halogens is 1. The topological polar surface area (TPSA) is 90.4 Å². The molecule has 248 valence electrons. The molecule has 1 unspecified atom stereocenters. The Hall–Kier alpha value is -4.24. The first-order valence-electron chi connectivity index (χ1n) is 16.7. The first-order valence-corrected chi connectivity index (χ1v) is 17.0. The summed E-state index contributed by atoms with van der Waals surface area (Å²) in [6.07, 6.45) is 8.35. The molecular weight excluding hydrogens is 626 g/mol. The molecule has 1 N–H and O–H groups in total. The molecule has 0 bridgehead atoms. The summed E-state index contributed by atoms with van der Waals surface area (Å²) in [7, 11) is 0. The molecule has 6 atom stereocenters. The normalized spacial score (nSPS) is 28.6. The van der Waals surface area contributed by atoms with Gasteiger partial charge in [0, 0.05) is 19.6 Å². The summed E-state index contributed by atoms with van der Waals surface area (Å²) in [6.45, 7) is 4.43. The highest BCUT2D eigenvalue weighted by Gasteiger charge is 2.76. The highest BCUT2D eigenvalue weighted by atomic mass is 35.5. The molecule has 7 rings (SSSR count). The molecular formula is C39H40ClN3O5. The van der Waals surface area contributed by atoms with Gasteiger partial charge in [0.25, 0.3) is 5.91 Å². The minimum Gasteiger partial charge on any atom is -0.394 e. The van der Waals surface area contributed by atoms with Crippen LogP contribution in [0, 0.1) is 18.8 Å². The molecule has 48 heavy (non-hydrogen) atoms. The van der Waals surface area contributed by atoms with Crippen molar-refractivity contribution in [3.8, 4) is 0 Å². The standard InChI is InChI=1S/C39H40ClN3O5/c1-3-38-19-11-21-41(24-28-16-8-5-9-17-28)35(45)31(38)32-36(46)43(29(25-44)23-27-14-6-4-7-15-27)34-37(47)42(22-12-20-39(32,34)48-38)33-26(2)13-10-18-30(33)40/h4-20,29,31-32,34,44H,3,21-25H2,1-2H3/t29-,31+,32+,34?,38-,39+/m1/s1. The Morgan fingerprint density at radius 1 is 0.854 bits per heavy atom. The fourth-order valence-electron chi connectivity index (χ4n) is 8.39. The van der Waals surface area contributed by atoms with E-state index in [1.807, 2.05) is 111 Å². The fourth-order valence-corrected chi connectivity index (χ4v) is 8.72. The minimum atomic E-state index is -1.46. The second-order valence-electron chi connectivity index (χ2n) is 13.3. The summed E-state index contributed by atoms with van der Waals surface area (Å²) in [5, 5.41) is 11.3. The number of amides is 3. The smallest absolute Gasteiger partial charge is 0.253 e. The zero-order chi connectivity index (χ0) is 33.6. The Bertz CT molecular complexity index is 1760. The third-order valence-corrected chi connectivity index (χ3v) is 10.9. The number of aryl methyl sites for hydroxylation is 1. The van der Waals surface area contributed by atoms with Crippen LogP contribution in [0.5, 0.6) is 0 Å². The highest BCUT2D eigenvalue weighted by molar-refractivity contribution is 6.34. The summed E-state index contributed by atoms with van der Waals surface area (Å²) >= 11 is 6.73. The summed E-state index contributed by atoms with van der Waals surface area (Å²) in [5.74, 6) is -2.79. The number of hydrogen-bond acceptors (Lipinski definition) is 5. The summed E-state index contributed by atoms with van der Waals surface area (Å²) in [6, 6.07) is 23.0. The second kappa shape index (κ2) is 12.7. The molecule has 0 aliphatic carbocycles. The van der Waals surface area contributed by atoms with Crippen molar-refractivity contribution in [2.75, 3.05) is 24.6 Å². The number of aliphatic hydroxyl groups excluding tert-OH is 1. The number of benzene rings is 3. The van der Waals surface area contributed by atoms with Crippen molar-refractivity contribution in [1.29, 1.82) is 0 Å². The Morgan fingerprint density at radius 3 is 2.21 bits per heavy atom. The Kier molecular flexibility index (Phi) is 8.52. The number of nitrogens with zero attached hydrogens (tertiary/aromatic N) is 3. The van der Waals surface area contributed by atoms with Gasteiger partial charge in [-0.2, -0.15) is 0 Å². The Labute approximate surface area is 286 Å². The molecule has 4 aliphatic rings. The number of hydrogen-bond donors (Lipinski definition) is 1. The van der Waals surface area contributed by atoms with Gasteiger partial charge < -0.3 is 24.5 Å². The van der Waals surface area contributed by atoms with Crippen molar-refractivity contribution in [3.63, 3.8) is 0 Å². The summed E-state index contributed by atoms with van der Waals surface area (Å²) in [4.78, 5) is 49.9. The quantitative estimate of drug-likeness (QED) is 0.338. The molecule has 4 aliphatic heterocycles. The van der Waals surface area contributed by atoms with Crippen LogP contribution in [0.1, 0.15) is 30.0 Å². The van der Waals surface area contributed by atoms with Crippen LogP contribution in [-0.2, 0) is 32.1 Å². The van der Waals surface area contributed by atoms with E-state index in [2.05, 4.69) is 0 Å². The fraction of sp³-hybridized carbons (Fsp3) is 0.359. The predicted octanol–water partition coefficient (Wildman–Crippen LogP) is 5.11. The number of fused-ring (bicyclic) bond motifs is 2. The Balaban J connectivity index is 1.37. The number of aliphatic hydroxyl groups is 1. The number of anilines is 1. The maximum absolute atomic E-state index is 15.1. The van der Waals surface area contributed by atoms with Gasteiger partial charge in [-0.15, -0.1) is 0 Å². The van der Waals surface area contributed by atoms with E-state index in [0.29, 0.717) is 36.6 Å². The van der Waals surface area contributed by atoms with Gasteiger partial charge in [0.1, 0.15) is 11.6 Å². The van der Waals surface area contributed by atoms with Crippen molar-refractivity contribution in [2.45, 2.75) is 56.5 Å². The molecule has 0 aromatic heterocycles. The van der Waals surface area contributed by atoms with E-state index in [1.165, 1.54) is 4.90 Å². The average Bonchev–Trinajstić information content (AvgIpc) is 3.40. The van der Waals surface area contributed by atoms with Crippen LogP contribution in [0.15, 0.2) is 103 Å². The maximum Gasteiger partial charge on any atom is 0.253 e. The van der Waals surface area contributed by atoms with Crippen LogP contribution in [0.2, 0.25) is 5.02 Å². The van der Waals surface area contributed by atoms with Crippen molar-refractivity contribution in [3.05, 3.63) is 125 Å². The molecule has 3 amide bonds. The van der Waals surface area contributed by atoms with Crippen molar-refractivity contribution in [1.82, 2.24) is 9.80 Å². The third-order valence-electron chi connectivity index (χ3n) is 10.6. The third kappa shape index (κ3) is 5.09. The molecule has 3 aromatic rings. The molecule has 9 heteroatoms. The van der Waals surface area contributed by atoms with E-state index < -0.39 is 35.1 Å². The van der Waals surface area contributed by atoms with Crippen LogP contribution in [-0.4, -0.2) is 75.6 Å². The van der Waals surface area contributed by atoms with Crippen LogP contribution in [0.3, 0.4) is 0 Å². The average molecular weight is 666 g/mol. The van der Waals surface area contributed by atoms with E-state index in [1.54, 1.807) is 15.9 Å². The monoisotopic (exact) mass is 665 g/mol. The van der Waals surface area contributed by atoms with Gasteiger partial charge in [0.15, 0.2) is 0 Å². The van der Waals surface area contributed by atoms with Crippen molar-refractivity contribution >= 4 is 35.0 Å². The molecule has 3 aromatic carbocycles. The summed E-state index contributed by atoms with van der Waals surface area (Å²) in [5.41, 5.74) is 0.699. The number of ether oxygens (including phenoxy) is 1. The molecule has 1 spiro atoms. The lowest BCUT2D eigenvalue weighted by Crippen LogP contribution is -2.59. The lowest BCUT2D eigenvalue weighted by Gasteiger charge is -2.41. The molecule has 8 nitrogen and oxygen atoms in total. The van der Waals surface area contributed by atoms with Gasteiger partial charge in [-0.05, 0) is 42.5 Å². The maximum atomic E-state index is 15.1. The van der Waals surface area contributed by atoms with Crippen LogP contribution in [0.25, 0.3) is 0 Å². The van der Waals surface area contributed by atoms with E-state index in [-0.39, 0.29) is 30.9 Å².